The van der Waals surface area contributed by atoms with Gasteiger partial charge < -0.3 is 89.9 Å². The molecular formula is C68H125NO18. The molecule has 3 aliphatic heterocycles. The van der Waals surface area contributed by atoms with Crippen molar-refractivity contribution < 1.29 is 89.4 Å². The molecule has 3 saturated heterocycles. The summed E-state index contributed by atoms with van der Waals surface area (Å²) < 4.78 is 34.4. The molecule has 19 heteroatoms. The summed E-state index contributed by atoms with van der Waals surface area (Å²) in [6.45, 7) is 1.74. The highest BCUT2D eigenvalue weighted by molar-refractivity contribution is 5.76. The molecule has 12 N–H and O–H groups in total. The fourth-order valence-corrected chi connectivity index (χ4v) is 11.8. The first kappa shape index (κ1) is 79.2. The number of nitrogens with one attached hydrogen (secondary N) is 1. The molecule has 17 atom stereocenters. The third-order valence-corrected chi connectivity index (χ3v) is 17.4. The number of amides is 1. The molecule has 3 aliphatic rings. The van der Waals surface area contributed by atoms with Crippen molar-refractivity contribution in [3.63, 3.8) is 0 Å². The van der Waals surface area contributed by atoms with E-state index in [1.165, 1.54) is 167 Å². The maximum atomic E-state index is 13.4. The quantitative estimate of drug-likeness (QED) is 0.0200. The van der Waals surface area contributed by atoms with Crippen LogP contribution in [0.15, 0.2) is 36.5 Å². The Morgan fingerprint density at radius 3 is 1.17 bits per heavy atom. The standard InChI is InChI=1S/C68H125NO18/c1-3-5-7-9-11-13-15-17-19-21-23-25-27-29-31-33-35-37-39-41-43-45-52(73)51(69-56(74)46-44-42-40-38-36-34-32-30-28-26-24-22-20-18-16-14-12-10-8-6-4-2)50-82-66-62(80)59(77)64(54(48-71)84-66)87-68-63(81)60(78)65(55(49-72)85-68)86-67-61(79)58(76)57(75)53(47-70)83-67/h16,18,22,24,43,45,51-55,57-68,70-73,75-81H,3-15,17,19-21,23,25-42,44,46-50H2,1-2H3,(H,69,74)/b18-16-,24-22-,45-43+. The number of aliphatic hydroxyl groups excluding tert-OH is 11. The number of hydrogen-bond donors (Lipinski definition) is 12. The Morgan fingerprint density at radius 2 is 0.759 bits per heavy atom. The van der Waals surface area contributed by atoms with Gasteiger partial charge in [0.2, 0.25) is 5.91 Å². The minimum Gasteiger partial charge on any atom is -0.394 e. The van der Waals surface area contributed by atoms with E-state index in [1.807, 2.05) is 6.08 Å². The first-order chi connectivity index (χ1) is 42.3. The van der Waals surface area contributed by atoms with Gasteiger partial charge in [-0.2, -0.15) is 0 Å². The van der Waals surface area contributed by atoms with Crippen molar-refractivity contribution in [3.05, 3.63) is 36.5 Å². The Hall–Kier alpha value is -1.99. The average molecular weight is 1240 g/mol. The Bertz CT molecular complexity index is 1720. The molecular weight excluding hydrogens is 1120 g/mol. The van der Waals surface area contributed by atoms with Crippen molar-refractivity contribution in [3.8, 4) is 0 Å². The lowest BCUT2D eigenvalue weighted by molar-refractivity contribution is -0.379. The van der Waals surface area contributed by atoms with Crippen LogP contribution in [0.2, 0.25) is 0 Å². The molecule has 0 radical (unpaired) electrons. The van der Waals surface area contributed by atoms with Crippen LogP contribution in [-0.4, -0.2) is 193 Å². The van der Waals surface area contributed by atoms with Crippen LogP contribution < -0.4 is 5.32 Å². The second-order valence-corrected chi connectivity index (χ2v) is 25.0. The van der Waals surface area contributed by atoms with Crippen LogP contribution in [0.4, 0.5) is 0 Å². The Kier molecular flexibility index (Phi) is 46.0. The summed E-state index contributed by atoms with van der Waals surface area (Å²) >= 11 is 0. The number of carbonyl (C=O) groups excluding carboxylic acids is 1. The van der Waals surface area contributed by atoms with Crippen molar-refractivity contribution in [1.82, 2.24) is 5.32 Å². The van der Waals surface area contributed by atoms with E-state index >= 15 is 0 Å². The molecule has 1 amide bonds. The molecule has 87 heavy (non-hydrogen) atoms. The maximum absolute atomic E-state index is 13.4. The summed E-state index contributed by atoms with van der Waals surface area (Å²) in [4.78, 5) is 13.4. The molecule has 510 valence electrons. The van der Waals surface area contributed by atoms with Gasteiger partial charge in [0.15, 0.2) is 18.9 Å². The summed E-state index contributed by atoms with van der Waals surface area (Å²) in [6.07, 6.45) is 31.1. The largest absolute Gasteiger partial charge is 0.394 e. The zero-order chi connectivity index (χ0) is 63.3. The fourth-order valence-electron chi connectivity index (χ4n) is 11.8. The van der Waals surface area contributed by atoms with Crippen molar-refractivity contribution in [2.75, 3.05) is 26.4 Å². The number of allylic oxidation sites excluding steroid dienone is 5. The number of hydrogen-bond acceptors (Lipinski definition) is 18. The predicted octanol–water partition coefficient (Wildman–Crippen LogP) is 8.83. The lowest BCUT2D eigenvalue weighted by Crippen LogP contribution is -2.66. The highest BCUT2D eigenvalue weighted by Crippen LogP contribution is 2.33. The van der Waals surface area contributed by atoms with Gasteiger partial charge >= 0.3 is 0 Å². The normalized spacial score (nSPS) is 28.8. The molecule has 3 rings (SSSR count). The number of ether oxygens (including phenoxy) is 6. The van der Waals surface area contributed by atoms with Crippen LogP contribution in [0.5, 0.6) is 0 Å². The minimum absolute atomic E-state index is 0.239. The Balaban J connectivity index is 1.45. The summed E-state index contributed by atoms with van der Waals surface area (Å²) in [6, 6.07) is -0.976. The molecule has 0 aromatic carbocycles. The van der Waals surface area contributed by atoms with Crippen LogP contribution in [0.25, 0.3) is 0 Å². The molecule has 0 spiro atoms. The molecule has 0 aromatic rings. The zero-order valence-electron chi connectivity index (χ0n) is 53.8. The first-order valence-corrected chi connectivity index (χ1v) is 34.7. The summed E-state index contributed by atoms with van der Waals surface area (Å²) in [5.74, 6) is -0.278. The number of rotatable bonds is 53. The Morgan fingerprint density at radius 1 is 0.414 bits per heavy atom. The van der Waals surface area contributed by atoms with Gasteiger partial charge in [0.1, 0.15) is 73.2 Å². The molecule has 3 heterocycles. The molecule has 17 unspecified atom stereocenters. The van der Waals surface area contributed by atoms with Crippen molar-refractivity contribution in [2.45, 2.75) is 362 Å². The van der Waals surface area contributed by atoms with Crippen molar-refractivity contribution >= 4 is 5.91 Å². The van der Waals surface area contributed by atoms with E-state index in [-0.39, 0.29) is 18.9 Å². The van der Waals surface area contributed by atoms with Crippen LogP contribution in [0.1, 0.15) is 258 Å². The molecule has 3 fully saturated rings. The van der Waals surface area contributed by atoms with Gasteiger partial charge in [-0.3, -0.25) is 4.79 Å². The van der Waals surface area contributed by atoms with Gasteiger partial charge in [-0.1, -0.05) is 237 Å². The highest BCUT2D eigenvalue weighted by Gasteiger charge is 2.53. The van der Waals surface area contributed by atoms with E-state index in [9.17, 15) is 61.0 Å². The van der Waals surface area contributed by atoms with E-state index in [1.54, 1.807) is 6.08 Å². The smallest absolute Gasteiger partial charge is 0.220 e. The van der Waals surface area contributed by atoms with Gasteiger partial charge in [0.25, 0.3) is 0 Å². The van der Waals surface area contributed by atoms with Gasteiger partial charge in [-0.25, -0.2) is 0 Å². The van der Waals surface area contributed by atoms with E-state index in [4.69, 9.17) is 28.4 Å². The monoisotopic (exact) mass is 1240 g/mol. The number of carbonyl (C=O) groups is 1. The van der Waals surface area contributed by atoms with Crippen LogP contribution >= 0.6 is 0 Å². The van der Waals surface area contributed by atoms with Gasteiger partial charge in [-0.05, 0) is 51.4 Å². The summed E-state index contributed by atoms with van der Waals surface area (Å²) in [7, 11) is 0. The third-order valence-electron chi connectivity index (χ3n) is 17.4. The van der Waals surface area contributed by atoms with Gasteiger partial charge in [0.05, 0.1) is 38.6 Å². The number of aliphatic hydroxyl groups is 11. The molecule has 19 nitrogen and oxygen atoms in total. The van der Waals surface area contributed by atoms with Gasteiger partial charge in [0, 0.05) is 6.42 Å². The second-order valence-electron chi connectivity index (χ2n) is 25.0. The lowest BCUT2D eigenvalue weighted by Gasteiger charge is -2.48. The maximum Gasteiger partial charge on any atom is 0.220 e. The predicted molar refractivity (Wildman–Crippen MR) is 337 cm³/mol. The molecule has 0 aliphatic carbocycles. The fraction of sp³-hybridized carbons (Fsp3) is 0.897. The minimum atomic E-state index is -1.98. The molecule has 0 bridgehead atoms. The Labute approximate surface area is 523 Å². The third kappa shape index (κ3) is 32.9. The van der Waals surface area contributed by atoms with E-state index < -0.39 is 124 Å². The van der Waals surface area contributed by atoms with Gasteiger partial charge in [-0.15, -0.1) is 0 Å². The topological polar surface area (TPSA) is 307 Å². The van der Waals surface area contributed by atoms with E-state index in [2.05, 4.69) is 43.5 Å². The summed E-state index contributed by atoms with van der Waals surface area (Å²) in [5, 5.41) is 121. The zero-order valence-corrected chi connectivity index (χ0v) is 53.8. The van der Waals surface area contributed by atoms with Crippen LogP contribution in [0, 0.1) is 0 Å². The lowest BCUT2D eigenvalue weighted by atomic mass is 9.96. The van der Waals surface area contributed by atoms with E-state index in [0.717, 1.165) is 64.2 Å². The van der Waals surface area contributed by atoms with E-state index in [0.29, 0.717) is 6.42 Å². The molecule has 0 aromatic heterocycles. The highest BCUT2D eigenvalue weighted by atomic mass is 16.8. The van der Waals surface area contributed by atoms with Crippen molar-refractivity contribution in [1.29, 1.82) is 0 Å². The molecule has 0 saturated carbocycles. The van der Waals surface area contributed by atoms with Crippen molar-refractivity contribution in [2.24, 2.45) is 0 Å². The summed E-state index contributed by atoms with van der Waals surface area (Å²) in [5.41, 5.74) is 0. The van der Waals surface area contributed by atoms with Crippen LogP contribution in [-0.2, 0) is 33.2 Å². The first-order valence-electron chi connectivity index (χ1n) is 34.7. The SMILES string of the molecule is CCCCCCC/C=C\C/C=C\CCCCCCCCCCCC(=O)NC(COC1OC(CO)C(OC2OC(CO)C(OC3OC(CO)C(O)C(O)C3O)C(O)C2O)C(O)C1O)C(O)/C=C/CCCCCCCCCCCCCCCCCCCCC. The average Bonchev–Trinajstić information content (AvgIpc) is 2.40. The van der Waals surface area contributed by atoms with Crippen LogP contribution in [0.3, 0.4) is 0 Å². The second kappa shape index (κ2) is 50.6. The number of unbranched alkanes of at least 4 members (excludes halogenated alkanes) is 33.